The summed E-state index contributed by atoms with van der Waals surface area (Å²) in [5, 5.41) is 3.39. The van der Waals surface area contributed by atoms with E-state index in [2.05, 4.69) is 29.1 Å². The number of nitrogens with zero attached hydrogens (tertiary/aromatic N) is 2. The lowest BCUT2D eigenvalue weighted by atomic mass is 10.2. The standard InChI is InChI=1S/C12H19N3O/c1-8(2)16-11-5-10(13-7-14-11)15-9-6-12(9,3)4/h5,7-9H,6H2,1-4H3,(H,13,14,15). The maximum absolute atomic E-state index is 5.52. The van der Waals surface area contributed by atoms with E-state index in [0.717, 1.165) is 5.82 Å². The quantitative estimate of drug-likeness (QED) is 0.848. The Kier molecular flexibility index (Phi) is 2.74. The molecule has 0 aliphatic heterocycles. The first-order valence-corrected chi connectivity index (χ1v) is 5.72. The van der Waals surface area contributed by atoms with Gasteiger partial charge in [0.05, 0.1) is 6.10 Å². The summed E-state index contributed by atoms with van der Waals surface area (Å²) in [4.78, 5) is 8.26. The molecule has 1 aliphatic carbocycles. The van der Waals surface area contributed by atoms with Crippen LogP contribution in [0.5, 0.6) is 5.88 Å². The number of hydrogen-bond acceptors (Lipinski definition) is 4. The van der Waals surface area contributed by atoms with E-state index in [1.807, 2.05) is 19.9 Å². The summed E-state index contributed by atoms with van der Waals surface area (Å²) in [5.41, 5.74) is 0.393. The van der Waals surface area contributed by atoms with Gasteiger partial charge in [0.15, 0.2) is 0 Å². The Hall–Kier alpha value is -1.32. The van der Waals surface area contributed by atoms with Crippen LogP contribution in [0.2, 0.25) is 0 Å². The first-order valence-electron chi connectivity index (χ1n) is 5.72. The molecule has 1 heterocycles. The first-order chi connectivity index (χ1) is 7.47. The van der Waals surface area contributed by atoms with E-state index in [1.54, 1.807) is 0 Å². The summed E-state index contributed by atoms with van der Waals surface area (Å²) in [6, 6.07) is 2.38. The predicted molar refractivity (Wildman–Crippen MR) is 63.6 cm³/mol. The summed E-state index contributed by atoms with van der Waals surface area (Å²) in [6.07, 6.45) is 2.87. The van der Waals surface area contributed by atoms with Crippen LogP contribution in [0.25, 0.3) is 0 Å². The van der Waals surface area contributed by atoms with Gasteiger partial charge in [0.1, 0.15) is 12.1 Å². The number of aromatic nitrogens is 2. The highest BCUT2D eigenvalue weighted by atomic mass is 16.5. The van der Waals surface area contributed by atoms with Crippen LogP contribution in [0.1, 0.15) is 34.1 Å². The predicted octanol–water partition coefficient (Wildman–Crippen LogP) is 2.47. The van der Waals surface area contributed by atoms with Crippen LogP contribution in [0, 0.1) is 5.41 Å². The Balaban J connectivity index is 2.00. The SMILES string of the molecule is CC(C)Oc1cc(NC2CC2(C)C)ncn1. The molecule has 0 radical (unpaired) electrons. The molecule has 1 unspecified atom stereocenters. The van der Waals surface area contributed by atoms with Crippen molar-refractivity contribution in [3.8, 4) is 5.88 Å². The lowest BCUT2D eigenvalue weighted by Gasteiger charge is -2.10. The fourth-order valence-corrected chi connectivity index (χ4v) is 1.62. The summed E-state index contributed by atoms with van der Waals surface area (Å²) in [5.74, 6) is 1.48. The van der Waals surface area contributed by atoms with Crippen LogP contribution in [0.15, 0.2) is 12.4 Å². The van der Waals surface area contributed by atoms with E-state index in [0.29, 0.717) is 17.3 Å². The third kappa shape index (κ3) is 2.62. The molecule has 0 bridgehead atoms. The maximum Gasteiger partial charge on any atom is 0.218 e. The number of rotatable bonds is 4. The Morgan fingerprint density at radius 3 is 2.69 bits per heavy atom. The number of anilines is 1. The number of ether oxygens (including phenoxy) is 1. The fraction of sp³-hybridized carbons (Fsp3) is 0.667. The van der Waals surface area contributed by atoms with E-state index in [1.165, 1.54) is 12.7 Å². The van der Waals surface area contributed by atoms with Crippen molar-refractivity contribution < 1.29 is 4.74 Å². The van der Waals surface area contributed by atoms with Crippen LogP contribution in [-0.4, -0.2) is 22.1 Å². The van der Waals surface area contributed by atoms with Crippen molar-refractivity contribution >= 4 is 5.82 Å². The van der Waals surface area contributed by atoms with Crippen LogP contribution in [0.4, 0.5) is 5.82 Å². The summed E-state index contributed by atoms with van der Waals surface area (Å²) >= 11 is 0. The fourth-order valence-electron chi connectivity index (χ4n) is 1.62. The highest BCUT2D eigenvalue weighted by molar-refractivity contribution is 5.40. The third-order valence-corrected chi connectivity index (χ3v) is 2.83. The molecule has 1 aromatic heterocycles. The zero-order valence-electron chi connectivity index (χ0n) is 10.3. The minimum Gasteiger partial charge on any atom is -0.475 e. The van der Waals surface area contributed by atoms with E-state index in [9.17, 15) is 0 Å². The Labute approximate surface area is 96.4 Å². The summed E-state index contributed by atoms with van der Waals surface area (Å²) < 4.78 is 5.52. The normalized spacial score (nSPS) is 21.9. The lowest BCUT2D eigenvalue weighted by Crippen LogP contribution is -2.11. The second kappa shape index (κ2) is 3.92. The Morgan fingerprint density at radius 2 is 2.12 bits per heavy atom. The largest absolute Gasteiger partial charge is 0.475 e. The number of hydrogen-bond donors (Lipinski definition) is 1. The molecule has 1 N–H and O–H groups in total. The van der Waals surface area contributed by atoms with Gasteiger partial charge in [-0.25, -0.2) is 9.97 Å². The lowest BCUT2D eigenvalue weighted by molar-refractivity contribution is 0.232. The highest BCUT2D eigenvalue weighted by Gasteiger charge is 2.45. The first kappa shape index (κ1) is 11.2. The summed E-state index contributed by atoms with van der Waals surface area (Å²) in [6.45, 7) is 8.47. The molecule has 1 aromatic rings. The van der Waals surface area contributed by atoms with Crippen molar-refractivity contribution in [2.24, 2.45) is 5.41 Å². The van der Waals surface area contributed by atoms with Crippen molar-refractivity contribution in [3.05, 3.63) is 12.4 Å². The van der Waals surface area contributed by atoms with E-state index in [4.69, 9.17) is 4.74 Å². The van der Waals surface area contributed by atoms with Gasteiger partial charge < -0.3 is 10.1 Å². The van der Waals surface area contributed by atoms with Crippen LogP contribution < -0.4 is 10.1 Å². The molecular weight excluding hydrogens is 202 g/mol. The third-order valence-electron chi connectivity index (χ3n) is 2.83. The van der Waals surface area contributed by atoms with Crippen molar-refractivity contribution in [2.45, 2.75) is 46.3 Å². The zero-order valence-corrected chi connectivity index (χ0v) is 10.3. The van der Waals surface area contributed by atoms with Crippen molar-refractivity contribution in [1.82, 2.24) is 9.97 Å². The average molecular weight is 221 g/mol. The van der Waals surface area contributed by atoms with Crippen molar-refractivity contribution in [1.29, 1.82) is 0 Å². The van der Waals surface area contributed by atoms with Crippen LogP contribution >= 0.6 is 0 Å². The van der Waals surface area contributed by atoms with E-state index < -0.39 is 0 Å². The van der Waals surface area contributed by atoms with E-state index in [-0.39, 0.29) is 6.10 Å². The molecule has 0 saturated heterocycles. The topological polar surface area (TPSA) is 47.0 Å². The minimum absolute atomic E-state index is 0.139. The van der Waals surface area contributed by atoms with Gasteiger partial charge in [-0.2, -0.15) is 0 Å². The van der Waals surface area contributed by atoms with Crippen molar-refractivity contribution in [2.75, 3.05) is 5.32 Å². The summed E-state index contributed by atoms with van der Waals surface area (Å²) in [7, 11) is 0. The van der Waals surface area contributed by atoms with E-state index >= 15 is 0 Å². The van der Waals surface area contributed by atoms with Gasteiger partial charge >= 0.3 is 0 Å². The van der Waals surface area contributed by atoms with Gasteiger partial charge in [-0.15, -0.1) is 0 Å². The molecule has 1 saturated carbocycles. The van der Waals surface area contributed by atoms with Gasteiger partial charge in [0, 0.05) is 12.1 Å². The van der Waals surface area contributed by atoms with Gasteiger partial charge in [0.25, 0.3) is 0 Å². The smallest absolute Gasteiger partial charge is 0.218 e. The molecule has 1 atom stereocenters. The second-order valence-electron chi connectivity index (χ2n) is 5.30. The molecule has 0 spiro atoms. The molecule has 0 aromatic carbocycles. The minimum atomic E-state index is 0.139. The number of nitrogens with one attached hydrogen (secondary N) is 1. The molecule has 4 nitrogen and oxygen atoms in total. The van der Waals surface area contributed by atoms with Crippen LogP contribution in [0.3, 0.4) is 0 Å². The molecular formula is C12H19N3O. The molecule has 0 amide bonds. The Bertz CT molecular complexity index is 376. The molecule has 16 heavy (non-hydrogen) atoms. The highest BCUT2D eigenvalue weighted by Crippen LogP contribution is 2.46. The van der Waals surface area contributed by atoms with Gasteiger partial charge in [-0.3, -0.25) is 0 Å². The Morgan fingerprint density at radius 1 is 1.44 bits per heavy atom. The molecule has 88 valence electrons. The average Bonchev–Trinajstić information content (AvgIpc) is 2.72. The molecule has 1 fully saturated rings. The van der Waals surface area contributed by atoms with Crippen LogP contribution in [-0.2, 0) is 0 Å². The monoisotopic (exact) mass is 221 g/mol. The second-order valence-corrected chi connectivity index (χ2v) is 5.30. The van der Waals surface area contributed by atoms with Gasteiger partial charge in [-0.05, 0) is 25.7 Å². The van der Waals surface area contributed by atoms with Gasteiger partial charge in [0.2, 0.25) is 5.88 Å². The van der Waals surface area contributed by atoms with Gasteiger partial charge in [-0.1, -0.05) is 13.8 Å². The maximum atomic E-state index is 5.52. The zero-order chi connectivity index (χ0) is 11.8. The molecule has 4 heteroatoms. The molecule has 1 aliphatic rings. The van der Waals surface area contributed by atoms with Crippen molar-refractivity contribution in [3.63, 3.8) is 0 Å². The molecule has 2 rings (SSSR count).